The Morgan fingerprint density at radius 1 is 0.950 bits per heavy atom. The standard InChI is InChI=1S/C16H29N3O/c1-18-14-7-6-8-15(18)12-13(11-14)17-16(20)19-9-4-2-3-5-10-19/h13-15H,2-12H2,1H3,(H,17,20). The normalized spacial score (nSPS) is 35.5. The molecule has 0 aromatic carbocycles. The van der Waals surface area contributed by atoms with Crippen molar-refractivity contribution in [3.05, 3.63) is 0 Å². The first-order chi connectivity index (χ1) is 9.74. The molecule has 0 radical (unpaired) electrons. The van der Waals surface area contributed by atoms with Crippen LogP contribution in [0.3, 0.4) is 0 Å². The highest BCUT2D eigenvalue weighted by Gasteiger charge is 2.36. The van der Waals surface area contributed by atoms with Crippen LogP contribution < -0.4 is 5.32 Å². The second-order valence-corrected chi connectivity index (χ2v) is 6.92. The molecular formula is C16H29N3O. The molecule has 3 rings (SSSR count). The van der Waals surface area contributed by atoms with E-state index in [1.807, 2.05) is 4.90 Å². The monoisotopic (exact) mass is 279 g/mol. The van der Waals surface area contributed by atoms with Crippen LogP contribution in [0.5, 0.6) is 0 Å². The van der Waals surface area contributed by atoms with Crippen LogP contribution in [-0.2, 0) is 0 Å². The molecule has 4 nitrogen and oxygen atoms in total. The van der Waals surface area contributed by atoms with Crippen LogP contribution in [-0.4, -0.2) is 54.1 Å². The van der Waals surface area contributed by atoms with Crippen molar-refractivity contribution in [2.75, 3.05) is 20.1 Å². The number of urea groups is 1. The minimum Gasteiger partial charge on any atom is -0.335 e. The Morgan fingerprint density at radius 3 is 2.15 bits per heavy atom. The fourth-order valence-electron chi connectivity index (χ4n) is 4.27. The third-order valence-electron chi connectivity index (χ3n) is 5.56. The molecular weight excluding hydrogens is 250 g/mol. The fourth-order valence-corrected chi connectivity index (χ4v) is 4.27. The van der Waals surface area contributed by atoms with Gasteiger partial charge in [0.25, 0.3) is 0 Å². The largest absolute Gasteiger partial charge is 0.335 e. The van der Waals surface area contributed by atoms with E-state index in [0.29, 0.717) is 18.1 Å². The summed E-state index contributed by atoms with van der Waals surface area (Å²) < 4.78 is 0. The quantitative estimate of drug-likeness (QED) is 0.801. The van der Waals surface area contributed by atoms with Gasteiger partial charge in [0.15, 0.2) is 0 Å². The molecule has 0 aliphatic carbocycles. The number of carbonyl (C=O) groups is 1. The zero-order chi connectivity index (χ0) is 13.9. The Kier molecular flexibility index (Phi) is 4.49. The summed E-state index contributed by atoms with van der Waals surface area (Å²) in [4.78, 5) is 17.0. The zero-order valence-corrected chi connectivity index (χ0v) is 12.8. The summed E-state index contributed by atoms with van der Waals surface area (Å²) in [5, 5.41) is 3.33. The number of nitrogens with zero attached hydrogens (tertiary/aromatic N) is 2. The van der Waals surface area contributed by atoms with Gasteiger partial charge in [-0.1, -0.05) is 19.3 Å². The Balaban J connectivity index is 1.53. The first-order valence-corrected chi connectivity index (χ1v) is 8.51. The van der Waals surface area contributed by atoms with E-state index in [2.05, 4.69) is 17.3 Å². The van der Waals surface area contributed by atoms with E-state index >= 15 is 0 Å². The van der Waals surface area contributed by atoms with Crippen molar-refractivity contribution >= 4 is 6.03 Å². The average molecular weight is 279 g/mol. The van der Waals surface area contributed by atoms with Crippen molar-refractivity contribution < 1.29 is 4.79 Å². The van der Waals surface area contributed by atoms with Gasteiger partial charge in [-0.3, -0.25) is 0 Å². The molecule has 3 saturated heterocycles. The molecule has 3 aliphatic heterocycles. The first-order valence-electron chi connectivity index (χ1n) is 8.51. The summed E-state index contributed by atoms with van der Waals surface area (Å²) in [6, 6.07) is 1.98. The third-order valence-corrected chi connectivity index (χ3v) is 5.56. The van der Waals surface area contributed by atoms with E-state index in [0.717, 1.165) is 25.9 Å². The molecule has 0 spiro atoms. The molecule has 1 N–H and O–H groups in total. The summed E-state index contributed by atoms with van der Waals surface area (Å²) >= 11 is 0. The Hall–Kier alpha value is -0.770. The number of hydrogen-bond donors (Lipinski definition) is 1. The number of likely N-dealkylation sites (tertiary alicyclic amines) is 1. The van der Waals surface area contributed by atoms with E-state index in [4.69, 9.17) is 0 Å². The van der Waals surface area contributed by atoms with Crippen molar-refractivity contribution in [1.82, 2.24) is 15.1 Å². The van der Waals surface area contributed by atoms with Crippen LogP contribution in [0.25, 0.3) is 0 Å². The highest BCUT2D eigenvalue weighted by Crippen LogP contribution is 2.32. The number of piperidine rings is 2. The molecule has 2 unspecified atom stereocenters. The Labute approximate surface area is 122 Å². The van der Waals surface area contributed by atoms with Gasteiger partial charge in [-0.05, 0) is 45.6 Å². The van der Waals surface area contributed by atoms with E-state index in [1.165, 1.54) is 44.9 Å². The van der Waals surface area contributed by atoms with Gasteiger partial charge in [0.1, 0.15) is 0 Å². The van der Waals surface area contributed by atoms with Gasteiger partial charge in [-0.2, -0.15) is 0 Å². The third kappa shape index (κ3) is 3.11. The molecule has 20 heavy (non-hydrogen) atoms. The van der Waals surface area contributed by atoms with Crippen molar-refractivity contribution in [2.45, 2.75) is 75.9 Å². The molecule has 0 aromatic heterocycles. The summed E-state index contributed by atoms with van der Waals surface area (Å²) in [5.74, 6) is 0. The smallest absolute Gasteiger partial charge is 0.317 e. The predicted octanol–water partition coefficient (Wildman–Crippen LogP) is 2.59. The van der Waals surface area contributed by atoms with Crippen LogP contribution in [0.2, 0.25) is 0 Å². The zero-order valence-electron chi connectivity index (χ0n) is 12.8. The molecule has 3 aliphatic rings. The maximum Gasteiger partial charge on any atom is 0.317 e. The van der Waals surface area contributed by atoms with E-state index < -0.39 is 0 Å². The second-order valence-electron chi connectivity index (χ2n) is 6.92. The number of hydrogen-bond acceptors (Lipinski definition) is 2. The second kappa shape index (κ2) is 6.33. The molecule has 3 fully saturated rings. The van der Waals surface area contributed by atoms with Gasteiger partial charge in [0.05, 0.1) is 0 Å². The lowest BCUT2D eigenvalue weighted by atomic mass is 9.82. The number of carbonyl (C=O) groups excluding carboxylic acids is 1. The first kappa shape index (κ1) is 14.2. The highest BCUT2D eigenvalue weighted by atomic mass is 16.2. The van der Waals surface area contributed by atoms with Crippen LogP contribution >= 0.6 is 0 Å². The minimum absolute atomic E-state index is 0.194. The Morgan fingerprint density at radius 2 is 1.55 bits per heavy atom. The molecule has 0 aromatic rings. The molecule has 3 heterocycles. The van der Waals surface area contributed by atoms with Gasteiger partial charge in [-0.25, -0.2) is 4.79 Å². The maximum absolute atomic E-state index is 12.4. The van der Waals surface area contributed by atoms with Gasteiger partial charge >= 0.3 is 6.03 Å². The van der Waals surface area contributed by atoms with E-state index in [-0.39, 0.29) is 6.03 Å². The van der Waals surface area contributed by atoms with Crippen LogP contribution in [0, 0.1) is 0 Å². The fraction of sp³-hybridized carbons (Fsp3) is 0.938. The molecule has 0 saturated carbocycles. The number of fused-ring (bicyclic) bond motifs is 2. The highest BCUT2D eigenvalue weighted by molar-refractivity contribution is 5.74. The lowest BCUT2D eigenvalue weighted by molar-refractivity contribution is 0.0494. The maximum atomic E-state index is 12.4. The van der Waals surface area contributed by atoms with Crippen molar-refractivity contribution in [3.8, 4) is 0 Å². The summed E-state index contributed by atoms with van der Waals surface area (Å²) in [7, 11) is 2.27. The summed E-state index contributed by atoms with van der Waals surface area (Å²) in [6.45, 7) is 1.90. The van der Waals surface area contributed by atoms with E-state index in [1.54, 1.807) is 0 Å². The number of amides is 2. The van der Waals surface area contributed by atoms with Crippen LogP contribution in [0.4, 0.5) is 4.79 Å². The summed E-state index contributed by atoms with van der Waals surface area (Å²) in [6.07, 6.45) is 11.2. The van der Waals surface area contributed by atoms with Crippen LogP contribution in [0.15, 0.2) is 0 Å². The van der Waals surface area contributed by atoms with Crippen LogP contribution in [0.1, 0.15) is 57.8 Å². The lowest BCUT2D eigenvalue weighted by Crippen LogP contribution is -2.56. The molecule has 2 atom stereocenters. The Bertz CT molecular complexity index is 325. The molecule has 2 bridgehead atoms. The molecule has 4 heteroatoms. The van der Waals surface area contributed by atoms with Crippen molar-refractivity contribution in [2.24, 2.45) is 0 Å². The van der Waals surface area contributed by atoms with E-state index in [9.17, 15) is 4.79 Å². The average Bonchev–Trinajstić information content (AvgIpc) is 2.69. The number of nitrogens with one attached hydrogen (secondary N) is 1. The summed E-state index contributed by atoms with van der Waals surface area (Å²) in [5.41, 5.74) is 0. The minimum atomic E-state index is 0.194. The molecule has 114 valence electrons. The number of rotatable bonds is 1. The van der Waals surface area contributed by atoms with Gasteiger partial charge < -0.3 is 15.1 Å². The predicted molar refractivity (Wildman–Crippen MR) is 80.8 cm³/mol. The van der Waals surface area contributed by atoms with Crippen molar-refractivity contribution in [1.29, 1.82) is 0 Å². The van der Waals surface area contributed by atoms with Gasteiger partial charge in [-0.15, -0.1) is 0 Å². The van der Waals surface area contributed by atoms with Gasteiger partial charge in [0, 0.05) is 31.2 Å². The molecule has 2 amide bonds. The SMILES string of the molecule is CN1C2CCCC1CC(NC(=O)N1CCCCCC1)C2. The topological polar surface area (TPSA) is 35.6 Å². The lowest BCUT2D eigenvalue weighted by Gasteiger charge is -2.47. The van der Waals surface area contributed by atoms with Crippen molar-refractivity contribution in [3.63, 3.8) is 0 Å². The van der Waals surface area contributed by atoms with Gasteiger partial charge in [0.2, 0.25) is 0 Å².